The Morgan fingerprint density at radius 1 is 1.29 bits per heavy atom. The normalized spacial score (nSPS) is 20.3. The van der Waals surface area contributed by atoms with E-state index in [9.17, 15) is 0 Å². The van der Waals surface area contributed by atoms with Crippen LogP contribution < -0.4 is 10.6 Å². The number of nitrogens with one attached hydrogen (secondary N) is 2. The maximum Gasteiger partial charge on any atom is 0.0630 e. The van der Waals surface area contributed by atoms with Crippen LogP contribution in [0.5, 0.6) is 0 Å². The summed E-state index contributed by atoms with van der Waals surface area (Å²) in [5.41, 5.74) is 1.07. The van der Waals surface area contributed by atoms with Gasteiger partial charge in [-0.15, -0.1) is 0 Å². The zero-order valence-electron chi connectivity index (χ0n) is 9.40. The van der Waals surface area contributed by atoms with Crippen LogP contribution in [0.1, 0.15) is 19.3 Å². The highest BCUT2D eigenvalue weighted by Crippen LogP contribution is 2.34. The number of halogens is 3. The van der Waals surface area contributed by atoms with E-state index in [0.29, 0.717) is 6.04 Å². The summed E-state index contributed by atoms with van der Waals surface area (Å²) in [6.07, 6.45) is 3.86. The van der Waals surface area contributed by atoms with Crippen LogP contribution in [-0.4, -0.2) is 19.1 Å². The number of hydrogen-bond donors (Lipinski definition) is 2. The Labute approximate surface area is 124 Å². The van der Waals surface area contributed by atoms with Crippen LogP contribution in [0.4, 0.5) is 5.69 Å². The molecule has 0 saturated carbocycles. The summed E-state index contributed by atoms with van der Waals surface area (Å²) >= 11 is 13.0. The third-order valence-corrected chi connectivity index (χ3v) is 4.41. The summed E-state index contributed by atoms with van der Waals surface area (Å²) in [7, 11) is 0. The van der Waals surface area contributed by atoms with Crippen molar-refractivity contribution in [1.29, 1.82) is 0 Å². The van der Waals surface area contributed by atoms with E-state index in [1.165, 1.54) is 19.3 Å². The summed E-state index contributed by atoms with van der Waals surface area (Å²) in [6, 6.07) is 4.38. The van der Waals surface area contributed by atoms with Gasteiger partial charge in [-0.25, -0.2) is 0 Å². The third-order valence-electron chi connectivity index (χ3n) is 2.94. The lowest BCUT2D eigenvalue weighted by molar-refractivity contribution is 0.414. The van der Waals surface area contributed by atoms with E-state index in [1.54, 1.807) is 0 Å². The fraction of sp³-hybridized carbons (Fsp3) is 0.500. The third kappa shape index (κ3) is 3.85. The maximum absolute atomic E-state index is 5.97. The van der Waals surface area contributed by atoms with Crippen LogP contribution in [0.2, 0.25) is 5.02 Å². The first-order valence-electron chi connectivity index (χ1n) is 5.78. The van der Waals surface area contributed by atoms with Gasteiger partial charge in [0.2, 0.25) is 0 Å². The summed E-state index contributed by atoms with van der Waals surface area (Å²) in [4.78, 5) is 0. The molecular weight excluding hydrogens is 367 g/mol. The molecular formula is C12H15Br2ClN2. The van der Waals surface area contributed by atoms with Crippen molar-refractivity contribution in [2.24, 2.45) is 0 Å². The molecule has 0 spiro atoms. The van der Waals surface area contributed by atoms with E-state index in [0.717, 1.165) is 32.7 Å². The second kappa shape index (κ2) is 6.41. The Morgan fingerprint density at radius 2 is 2.00 bits per heavy atom. The molecule has 1 heterocycles. The summed E-state index contributed by atoms with van der Waals surface area (Å²) < 4.78 is 1.99. The summed E-state index contributed by atoms with van der Waals surface area (Å²) in [5, 5.41) is 7.71. The van der Waals surface area contributed by atoms with Gasteiger partial charge in [0, 0.05) is 26.6 Å². The van der Waals surface area contributed by atoms with E-state index in [4.69, 9.17) is 11.6 Å². The van der Waals surface area contributed by atoms with E-state index in [2.05, 4.69) is 42.5 Å². The molecule has 17 heavy (non-hydrogen) atoms. The van der Waals surface area contributed by atoms with Crippen molar-refractivity contribution >= 4 is 49.1 Å². The van der Waals surface area contributed by atoms with Crippen molar-refractivity contribution in [3.8, 4) is 0 Å². The fourth-order valence-corrected chi connectivity index (χ4v) is 3.98. The predicted octanol–water partition coefficient (Wildman–Crippen LogP) is 4.42. The topological polar surface area (TPSA) is 24.1 Å². The lowest BCUT2D eigenvalue weighted by Crippen LogP contribution is -2.39. The Bertz CT molecular complexity index is 369. The monoisotopic (exact) mass is 380 g/mol. The van der Waals surface area contributed by atoms with Crippen molar-refractivity contribution in [3.05, 3.63) is 26.1 Å². The minimum atomic E-state index is 0.568. The molecule has 5 heteroatoms. The first-order valence-corrected chi connectivity index (χ1v) is 7.75. The highest BCUT2D eigenvalue weighted by atomic mass is 79.9. The number of hydrogen-bond acceptors (Lipinski definition) is 2. The van der Waals surface area contributed by atoms with E-state index < -0.39 is 0 Å². The van der Waals surface area contributed by atoms with Gasteiger partial charge in [0.1, 0.15) is 0 Å². The lowest BCUT2D eigenvalue weighted by Gasteiger charge is -2.24. The zero-order valence-corrected chi connectivity index (χ0v) is 13.3. The van der Waals surface area contributed by atoms with Crippen molar-refractivity contribution < 1.29 is 0 Å². The van der Waals surface area contributed by atoms with Crippen LogP contribution >= 0.6 is 43.5 Å². The molecule has 94 valence electrons. The molecule has 1 aliphatic heterocycles. The first kappa shape index (κ1) is 13.7. The average molecular weight is 383 g/mol. The molecule has 0 radical (unpaired) electrons. The molecule has 0 aliphatic carbocycles. The van der Waals surface area contributed by atoms with Gasteiger partial charge in [-0.05, 0) is 63.4 Å². The molecule has 0 amide bonds. The summed E-state index contributed by atoms with van der Waals surface area (Å²) in [5.74, 6) is 0. The molecule has 1 aromatic carbocycles. The SMILES string of the molecule is Clc1cc(Br)c(NCC2CCCCN2)c(Br)c1. The minimum absolute atomic E-state index is 0.568. The maximum atomic E-state index is 5.97. The molecule has 2 N–H and O–H groups in total. The fourth-order valence-electron chi connectivity index (χ4n) is 2.03. The Hall–Kier alpha value is 0.230. The Kier molecular flexibility index (Phi) is 5.15. The van der Waals surface area contributed by atoms with Crippen molar-refractivity contribution in [2.45, 2.75) is 25.3 Å². The first-order chi connectivity index (χ1) is 8.16. The molecule has 1 unspecified atom stereocenters. The van der Waals surface area contributed by atoms with Crippen LogP contribution in [-0.2, 0) is 0 Å². The van der Waals surface area contributed by atoms with E-state index >= 15 is 0 Å². The van der Waals surface area contributed by atoms with Crippen molar-refractivity contribution in [2.75, 3.05) is 18.4 Å². The molecule has 1 fully saturated rings. The molecule has 1 atom stereocenters. The second-order valence-corrected chi connectivity index (χ2v) is 6.42. The highest BCUT2D eigenvalue weighted by Gasteiger charge is 2.13. The quantitative estimate of drug-likeness (QED) is 0.809. The molecule has 0 aromatic heterocycles. The predicted molar refractivity (Wildman–Crippen MR) is 81.0 cm³/mol. The smallest absolute Gasteiger partial charge is 0.0630 e. The molecule has 1 saturated heterocycles. The van der Waals surface area contributed by atoms with Crippen LogP contribution in [0, 0.1) is 0 Å². The zero-order chi connectivity index (χ0) is 12.3. The van der Waals surface area contributed by atoms with Crippen molar-refractivity contribution in [3.63, 3.8) is 0 Å². The van der Waals surface area contributed by atoms with Crippen LogP contribution in [0.15, 0.2) is 21.1 Å². The molecule has 1 aromatic rings. The van der Waals surface area contributed by atoms with Crippen molar-refractivity contribution in [1.82, 2.24) is 5.32 Å². The molecule has 2 rings (SSSR count). The molecule has 2 nitrogen and oxygen atoms in total. The Morgan fingerprint density at radius 3 is 2.59 bits per heavy atom. The van der Waals surface area contributed by atoms with E-state index in [1.807, 2.05) is 12.1 Å². The standard InChI is InChI=1S/C12H15Br2ClN2/c13-10-5-8(15)6-11(14)12(10)17-7-9-3-1-2-4-16-9/h5-6,9,16-17H,1-4,7H2. The van der Waals surface area contributed by atoms with Gasteiger partial charge >= 0.3 is 0 Å². The van der Waals surface area contributed by atoms with Gasteiger partial charge < -0.3 is 10.6 Å². The molecule has 1 aliphatic rings. The molecule has 0 bridgehead atoms. The highest BCUT2D eigenvalue weighted by molar-refractivity contribution is 9.11. The number of piperidine rings is 1. The largest absolute Gasteiger partial charge is 0.382 e. The lowest BCUT2D eigenvalue weighted by atomic mass is 10.1. The number of anilines is 1. The van der Waals surface area contributed by atoms with E-state index in [-0.39, 0.29) is 0 Å². The summed E-state index contributed by atoms with van der Waals surface area (Å²) in [6.45, 7) is 2.08. The average Bonchev–Trinajstić information content (AvgIpc) is 2.29. The van der Waals surface area contributed by atoms with Gasteiger partial charge in [-0.2, -0.15) is 0 Å². The minimum Gasteiger partial charge on any atom is -0.382 e. The number of rotatable bonds is 3. The van der Waals surface area contributed by atoms with Gasteiger partial charge in [-0.3, -0.25) is 0 Å². The Balaban J connectivity index is 1.98. The van der Waals surface area contributed by atoms with Gasteiger partial charge in [-0.1, -0.05) is 18.0 Å². The van der Waals surface area contributed by atoms with Gasteiger partial charge in [0.05, 0.1) is 5.69 Å². The van der Waals surface area contributed by atoms with Gasteiger partial charge in [0.25, 0.3) is 0 Å². The van der Waals surface area contributed by atoms with Gasteiger partial charge in [0.15, 0.2) is 0 Å². The van der Waals surface area contributed by atoms with Crippen LogP contribution in [0.25, 0.3) is 0 Å². The van der Waals surface area contributed by atoms with Crippen LogP contribution in [0.3, 0.4) is 0 Å². The second-order valence-electron chi connectivity index (χ2n) is 4.27. The number of benzene rings is 1.